The van der Waals surface area contributed by atoms with E-state index in [1.807, 2.05) is 41.5 Å². The average molecular weight is 257 g/mol. The molecule has 1 rings (SSSR count). The fraction of sp³-hybridized carbons (Fsp3) is 0.778. The second-order valence-corrected chi connectivity index (χ2v) is 3.96. The van der Waals surface area contributed by atoms with E-state index in [-0.39, 0.29) is 0 Å². The van der Waals surface area contributed by atoms with Gasteiger partial charge in [0.2, 0.25) is 0 Å². The number of rotatable bonds is 2. The lowest BCUT2D eigenvalue weighted by atomic mass is 9.88. The lowest BCUT2D eigenvalue weighted by molar-refractivity contribution is 0.338. The lowest BCUT2D eigenvalue weighted by Gasteiger charge is -2.18. The molecule has 0 N–H and O–H groups in total. The Bertz CT molecular complexity index is 133. The maximum absolute atomic E-state index is 2.30. The minimum atomic E-state index is 0.583. The first-order chi connectivity index (χ1) is 8.62. The van der Waals surface area contributed by atoms with Crippen LogP contribution in [0.5, 0.6) is 0 Å². The van der Waals surface area contributed by atoms with E-state index in [1.165, 1.54) is 12.8 Å². The van der Waals surface area contributed by atoms with Gasteiger partial charge >= 0.3 is 0 Å². The van der Waals surface area contributed by atoms with Gasteiger partial charge in [-0.3, -0.25) is 0 Å². The van der Waals surface area contributed by atoms with E-state index in [2.05, 4.69) is 52.0 Å². The van der Waals surface area contributed by atoms with Gasteiger partial charge in [0.15, 0.2) is 0 Å². The minimum absolute atomic E-state index is 0.583. The standard InChI is InChI=1S/C7H16.C5H6.3C2H6/c1-5-7(3,4)6-2;1-2-4-5-3-1;3*1-2/h5-6H2,1-4H3;1-4H,5H2;3*1-2H3. The third-order valence-corrected chi connectivity index (χ3v) is 2.57. The third kappa shape index (κ3) is 29.6. The molecule has 18 heavy (non-hydrogen) atoms. The molecule has 0 radical (unpaired) electrons. The SMILES string of the molecule is C1=CCC=C1.CC.CC.CC.CCC(C)(C)CC. The fourth-order valence-corrected chi connectivity index (χ4v) is 0.643. The molecule has 0 aromatic heterocycles. The Morgan fingerprint density at radius 2 is 1.00 bits per heavy atom. The van der Waals surface area contributed by atoms with Crippen molar-refractivity contribution in [1.82, 2.24) is 0 Å². The zero-order valence-electron chi connectivity index (χ0n) is 14.9. The molecule has 0 amide bonds. The smallest absolute Gasteiger partial charge is 0.0163 e. The Labute approximate surface area is 119 Å². The topological polar surface area (TPSA) is 0 Å². The molecule has 1 aliphatic carbocycles. The number of allylic oxidation sites excluding steroid dienone is 4. The summed E-state index contributed by atoms with van der Waals surface area (Å²) in [5.41, 5.74) is 0.583. The van der Waals surface area contributed by atoms with Gasteiger partial charge in [-0.15, -0.1) is 0 Å². The molecule has 0 bridgehead atoms. The van der Waals surface area contributed by atoms with Crippen LogP contribution in [-0.4, -0.2) is 0 Å². The monoisotopic (exact) mass is 256 g/mol. The summed E-state index contributed by atoms with van der Waals surface area (Å²) in [4.78, 5) is 0. The van der Waals surface area contributed by atoms with Gasteiger partial charge in [0.1, 0.15) is 0 Å². The van der Waals surface area contributed by atoms with Crippen LogP contribution < -0.4 is 0 Å². The van der Waals surface area contributed by atoms with Crippen LogP contribution in [0, 0.1) is 5.41 Å². The highest BCUT2D eigenvalue weighted by atomic mass is 14.1. The minimum Gasteiger partial charge on any atom is -0.0808 e. The van der Waals surface area contributed by atoms with Gasteiger partial charge in [-0.2, -0.15) is 0 Å². The Balaban J connectivity index is -0.0000000782. The van der Waals surface area contributed by atoms with Crippen molar-refractivity contribution in [1.29, 1.82) is 0 Å². The van der Waals surface area contributed by atoms with Crippen molar-refractivity contribution < 1.29 is 0 Å². The van der Waals surface area contributed by atoms with E-state index in [9.17, 15) is 0 Å². The summed E-state index contributed by atoms with van der Waals surface area (Å²) < 4.78 is 0. The van der Waals surface area contributed by atoms with Gasteiger partial charge in [-0.25, -0.2) is 0 Å². The molecule has 0 aliphatic heterocycles. The quantitative estimate of drug-likeness (QED) is 0.482. The van der Waals surface area contributed by atoms with Crippen LogP contribution in [0.25, 0.3) is 0 Å². The van der Waals surface area contributed by atoms with Gasteiger partial charge in [0, 0.05) is 0 Å². The predicted molar refractivity (Wildman–Crippen MR) is 91.3 cm³/mol. The molecule has 0 saturated heterocycles. The van der Waals surface area contributed by atoms with Crippen LogP contribution >= 0.6 is 0 Å². The van der Waals surface area contributed by atoms with Gasteiger partial charge in [0.25, 0.3) is 0 Å². The summed E-state index contributed by atoms with van der Waals surface area (Å²) in [5.74, 6) is 0. The molecule has 0 aromatic rings. The fourth-order valence-electron chi connectivity index (χ4n) is 0.643. The van der Waals surface area contributed by atoms with Gasteiger partial charge < -0.3 is 0 Å². The van der Waals surface area contributed by atoms with E-state index in [0.29, 0.717) is 5.41 Å². The second-order valence-electron chi connectivity index (χ2n) is 3.96. The van der Waals surface area contributed by atoms with E-state index < -0.39 is 0 Å². The molecule has 1 aliphatic rings. The molecule has 0 spiro atoms. The molecular formula is C18H40. The molecule has 0 aromatic carbocycles. The maximum Gasteiger partial charge on any atom is -0.0163 e. The molecule has 0 unspecified atom stereocenters. The van der Waals surface area contributed by atoms with Crippen molar-refractivity contribution in [3.63, 3.8) is 0 Å². The molecule has 0 saturated carbocycles. The Kier molecular flexibility index (Phi) is 36.8. The van der Waals surface area contributed by atoms with E-state index in [4.69, 9.17) is 0 Å². The van der Waals surface area contributed by atoms with Crippen molar-refractivity contribution in [2.45, 2.75) is 88.5 Å². The summed E-state index contributed by atoms with van der Waals surface area (Å²) in [5, 5.41) is 0. The highest BCUT2D eigenvalue weighted by Crippen LogP contribution is 2.22. The largest absolute Gasteiger partial charge is 0.0808 e. The van der Waals surface area contributed by atoms with Crippen LogP contribution in [0.2, 0.25) is 0 Å². The Morgan fingerprint density at radius 3 is 1.06 bits per heavy atom. The van der Waals surface area contributed by atoms with E-state index >= 15 is 0 Å². The zero-order chi connectivity index (χ0) is 15.4. The molecular weight excluding hydrogens is 216 g/mol. The summed E-state index contributed by atoms with van der Waals surface area (Å²) in [6.45, 7) is 21.1. The van der Waals surface area contributed by atoms with Gasteiger partial charge in [-0.05, 0) is 11.8 Å². The maximum atomic E-state index is 2.30. The molecule has 112 valence electrons. The van der Waals surface area contributed by atoms with E-state index in [1.54, 1.807) is 0 Å². The first-order valence-corrected chi connectivity index (χ1v) is 7.94. The van der Waals surface area contributed by atoms with Crippen molar-refractivity contribution in [2.75, 3.05) is 0 Å². The van der Waals surface area contributed by atoms with E-state index in [0.717, 1.165) is 6.42 Å². The lowest BCUT2D eigenvalue weighted by Crippen LogP contribution is -2.05. The highest BCUT2D eigenvalue weighted by Gasteiger charge is 2.09. The number of hydrogen-bond acceptors (Lipinski definition) is 0. The first kappa shape index (κ1) is 26.1. The van der Waals surface area contributed by atoms with Crippen molar-refractivity contribution >= 4 is 0 Å². The number of hydrogen-bond donors (Lipinski definition) is 0. The summed E-state index contributed by atoms with van der Waals surface area (Å²) in [7, 11) is 0. The van der Waals surface area contributed by atoms with Crippen LogP contribution in [0.4, 0.5) is 0 Å². The van der Waals surface area contributed by atoms with Crippen LogP contribution in [0.15, 0.2) is 24.3 Å². The third-order valence-electron chi connectivity index (χ3n) is 2.57. The van der Waals surface area contributed by atoms with Crippen molar-refractivity contribution in [3.05, 3.63) is 24.3 Å². The van der Waals surface area contributed by atoms with Crippen molar-refractivity contribution in [2.24, 2.45) is 5.41 Å². The molecule has 0 heterocycles. The molecule has 0 fully saturated rings. The van der Waals surface area contributed by atoms with Crippen LogP contribution in [-0.2, 0) is 0 Å². The van der Waals surface area contributed by atoms with Crippen LogP contribution in [0.3, 0.4) is 0 Å². The average Bonchev–Trinajstić information content (AvgIpc) is 3.05. The van der Waals surface area contributed by atoms with Gasteiger partial charge in [0.05, 0.1) is 0 Å². The van der Waals surface area contributed by atoms with Crippen LogP contribution in [0.1, 0.15) is 88.5 Å². The second kappa shape index (κ2) is 25.4. The highest BCUT2D eigenvalue weighted by molar-refractivity contribution is 5.11. The summed E-state index contributed by atoms with van der Waals surface area (Å²) in [6.07, 6.45) is 12.1. The van der Waals surface area contributed by atoms with Crippen molar-refractivity contribution in [3.8, 4) is 0 Å². The Hall–Kier alpha value is -0.520. The predicted octanol–water partition coefficient (Wildman–Crippen LogP) is 7.41. The summed E-state index contributed by atoms with van der Waals surface area (Å²) in [6, 6.07) is 0. The first-order valence-electron chi connectivity index (χ1n) is 7.94. The Morgan fingerprint density at radius 1 is 0.722 bits per heavy atom. The molecule has 0 nitrogen and oxygen atoms in total. The zero-order valence-corrected chi connectivity index (χ0v) is 14.9. The normalized spacial score (nSPS) is 10.6. The van der Waals surface area contributed by atoms with Gasteiger partial charge in [-0.1, -0.05) is 106 Å². The molecule has 0 heteroatoms. The summed E-state index contributed by atoms with van der Waals surface area (Å²) >= 11 is 0. The molecule has 0 atom stereocenters.